The average molecular weight is 330 g/mol. The van der Waals surface area contributed by atoms with Crippen LogP contribution in [0.5, 0.6) is 0 Å². The van der Waals surface area contributed by atoms with Crippen molar-refractivity contribution in [2.75, 3.05) is 26.2 Å². The summed E-state index contributed by atoms with van der Waals surface area (Å²) >= 11 is 0. The molecule has 2 amide bonds. The first-order chi connectivity index (χ1) is 10.1. The van der Waals surface area contributed by atoms with E-state index >= 15 is 0 Å². The molecule has 0 N–H and O–H groups in total. The zero-order chi connectivity index (χ0) is 15.2. The topological polar surface area (TPSA) is 90.0 Å². The largest absolute Gasteiger partial charge is 1.00 e. The molecule has 0 spiro atoms. The van der Waals surface area contributed by atoms with Crippen molar-refractivity contribution in [3.8, 4) is 0 Å². The van der Waals surface area contributed by atoms with E-state index in [4.69, 9.17) is 4.74 Å². The van der Waals surface area contributed by atoms with Gasteiger partial charge in [0.2, 0.25) is 0 Å². The molecule has 0 radical (unpaired) electrons. The van der Waals surface area contributed by atoms with E-state index in [2.05, 4.69) is 0 Å². The van der Waals surface area contributed by atoms with Gasteiger partial charge in [-0.15, -0.1) is 0 Å². The van der Waals surface area contributed by atoms with Gasteiger partial charge < -0.3 is 24.4 Å². The number of carbonyl (C=O) groups excluding carboxylic acids is 3. The molecule has 112 valence electrons. The van der Waals surface area contributed by atoms with E-state index < -0.39 is 18.0 Å². The Morgan fingerprint density at radius 3 is 2.09 bits per heavy atom. The van der Waals surface area contributed by atoms with Crippen LogP contribution in [-0.4, -0.2) is 53.9 Å². The molecule has 8 heteroatoms. The molecule has 7 nitrogen and oxygen atoms in total. The van der Waals surface area contributed by atoms with E-state index in [1.54, 1.807) is 0 Å². The van der Waals surface area contributed by atoms with Gasteiger partial charge in [-0.2, -0.15) is 0 Å². The van der Waals surface area contributed by atoms with Crippen molar-refractivity contribution in [3.05, 3.63) is 35.9 Å². The summed E-state index contributed by atoms with van der Waals surface area (Å²) in [5.41, 5.74) is 0.886. The molecule has 0 unspecified atom stereocenters. The Morgan fingerprint density at radius 2 is 1.55 bits per heavy atom. The second kappa shape index (κ2) is 9.26. The van der Waals surface area contributed by atoms with E-state index in [0.29, 0.717) is 0 Å². The molecule has 1 aromatic rings. The second-order valence-corrected chi connectivity index (χ2v) is 4.61. The Bertz CT molecular complexity index is 529. The van der Waals surface area contributed by atoms with Gasteiger partial charge in [-0.1, -0.05) is 30.3 Å². The summed E-state index contributed by atoms with van der Waals surface area (Å²) < 4.78 is 5.17. The number of carbonyl (C=O) groups is 3. The van der Waals surface area contributed by atoms with Crippen molar-refractivity contribution in [2.24, 2.45) is 0 Å². The number of rotatable bonds is 2. The summed E-state index contributed by atoms with van der Waals surface area (Å²) in [4.78, 5) is 36.1. The molecule has 1 saturated heterocycles. The number of carboxylic acid groups (broad SMARTS) is 1. The molecule has 0 atom stereocenters. The van der Waals surface area contributed by atoms with Gasteiger partial charge >= 0.3 is 57.5 Å². The molecular weight excluding hydrogens is 315 g/mol. The number of carboxylic acids is 1. The number of nitrogens with zero attached hydrogens (tertiary/aromatic N) is 2. The van der Waals surface area contributed by atoms with E-state index in [9.17, 15) is 19.5 Å². The summed E-state index contributed by atoms with van der Waals surface area (Å²) in [6.07, 6.45) is -0.473. The Hall–Kier alpha value is -0.934. The van der Waals surface area contributed by atoms with Crippen molar-refractivity contribution in [1.29, 1.82) is 0 Å². The van der Waals surface area contributed by atoms with E-state index in [-0.39, 0.29) is 84.2 Å². The maximum atomic E-state index is 11.9. The number of hydrogen-bond donors (Lipinski definition) is 0. The molecule has 0 saturated carbocycles. The number of benzene rings is 1. The minimum Gasteiger partial charge on any atom is -0.540 e. The van der Waals surface area contributed by atoms with Crippen LogP contribution < -0.4 is 56.5 Å². The summed E-state index contributed by atoms with van der Waals surface area (Å²) in [7, 11) is 0. The molecule has 1 aliphatic rings. The van der Waals surface area contributed by atoms with Crippen molar-refractivity contribution in [2.45, 2.75) is 6.61 Å². The summed E-state index contributed by atoms with van der Waals surface area (Å²) in [5, 5.41) is 10.5. The third-order valence-corrected chi connectivity index (χ3v) is 3.20. The Labute approximate surface area is 170 Å². The third kappa shape index (κ3) is 5.36. The molecule has 0 aliphatic carbocycles. The fourth-order valence-electron chi connectivity index (χ4n) is 2.03. The maximum absolute atomic E-state index is 11.9. The molecule has 2 rings (SSSR count). The van der Waals surface area contributed by atoms with Crippen LogP contribution >= 0.6 is 0 Å². The summed E-state index contributed by atoms with van der Waals surface area (Å²) in [6.45, 7) is 0.984. The van der Waals surface area contributed by atoms with Crippen molar-refractivity contribution in [1.82, 2.24) is 9.80 Å². The van der Waals surface area contributed by atoms with Gasteiger partial charge in [-0.25, -0.2) is 4.79 Å². The summed E-state index contributed by atoms with van der Waals surface area (Å²) in [6, 6.07) is 9.29. The monoisotopic (exact) mass is 330 g/mol. The molecule has 22 heavy (non-hydrogen) atoms. The van der Waals surface area contributed by atoms with Crippen molar-refractivity contribution < 1.29 is 75.6 Å². The first kappa shape index (κ1) is 19.1. The quantitative estimate of drug-likeness (QED) is 0.410. The predicted molar refractivity (Wildman–Crippen MR) is 69.8 cm³/mol. The summed E-state index contributed by atoms with van der Waals surface area (Å²) in [5.74, 6) is -2.78. The molecular formula is C14H15KN2O5. The van der Waals surface area contributed by atoms with E-state index in [1.807, 2.05) is 30.3 Å². The normalized spacial score (nSPS) is 14.0. The van der Waals surface area contributed by atoms with E-state index in [1.165, 1.54) is 4.90 Å². The van der Waals surface area contributed by atoms with E-state index in [0.717, 1.165) is 10.5 Å². The fraction of sp³-hybridized carbons (Fsp3) is 0.357. The number of hydrogen-bond acceptors (Lipinski definition) is 5. The minimum atomic E-state index is -1.73. The molecule has 1 fully saturated rings. The van der Waals surface area contributed by atoms with Crippen molar-refractivity contribution >= 4 is 18.0 Å². The van der Waals surface area contributed by atoms with Gasteiger partial charge in [0.15, 0.2) is 0 Å². The zero-order valence-corrected chi connectivity index (χ0v) is 15.5. The van der Waals surface area contributed by atoms with Crippen molar-refractivity contribution in [3.63, 3.8) is 0 Å². The Kier molecular flexibility index (Phi) is 8.05. The Balaban J connectivity index is 0.00000242. The Morgan fingerprint density at radius 1 is 1.00 bits per heavy atom. The average Bonchev–Trinajstić information content (AvgIpc) is 2.53. The first-order valence-electron chi connectivity index (χ1n) is 6.54. The van der Waals surface area contributed by atoms with Gasteiger partial charge in [0.1, 0.15) is 12.6 Å². The van der Waals surface area contributed by atoms with Gasteiger partial charge in [0.25, 0.3) is 5.91 Å². The fourth-order valence-corrected chi connectivity index (χ4v) is 2.03. The zero-order valence-electron chi connectivity index (χ0n) is 12.4. The SMILES string of the molecule is O=C([O-])C(=O)N1CCN(C(=O)OCc2ccccc2)CC1.[K+]. The number of piperazine rings is 1. The second-order valence-electron chi connectivity index (χ2n) is 4.61. The van der Waals surface area contributed by atoms with Crippen LogP contribution in [0.4, 0.5) is 4.79 Å². The molecule has 1 aliphatic heterocycles. The third-order valence-electron chi connectivity index (χ3n) is 3.20. The maximum Gasteiger partial charge on any atom is 1.00 e. The first-order valence-corrected chi connectivity index (χ1v) is 6.54. The number of ether oxygens (including phenoxy) is 1. The minimum absolute atomic E-state index is 0. The van der Waals surface area contributed by atoms with Crippen LogP contribution in [0.1, 0.15) is 5.56 Å². The molecule has 1 heterocycles. The van der Waals surface area contributed by atoms with Gasteiger partial charge in [-0.3, -0.25) is 4.79 Å². The number of aliphatic carboxylic acids is 1. The number of amides is 2. The van der Waals surface area contributed by atoms with Gasteiger partial charge in [0.05, 0.1) is 0 Å². The van der Waals surface area contributed by atoms with Crippen LogP contribution in [0.15, 0.2) is 30.3 Å². The standard InChI is InChI=1S/C14H16N2O5.K/c17-12(13(18)19)15-6-8-16(9-7-15)14(20)21-10-11-4-2-1-3-5-11;/h1-5H,6-10H2,(H,18,19);/q;+1/p-1. The van der Waals surface area contributed by atoms with Crippen LogP contribution in [0, 0.1) is 0 Å². The molecule has 1 aromatic carbocycles. The van der Waals surface area contributed by atoms with Crippen LogP contribution in [-0.2, 0) is 20.9 Å². The predicted octanol–water partition coefficient (Wildman–Crippen LogP) is -3.78. The van der Waals surface area contributed by atoms with Gasteiger partial charge in [-0.05, 0) is 5.56 Å². The smallest absolute Gasteiger partial charge is 0.540 e. The van der Waals surface area contributed by atoms with Crippen LogP contribution in [0.2, 0.25) is 0 Å². The van der Waals surface area contributed by atoms with Gasteiger partial charge in [0, 0.05) is 26.2 Å². The molecule has 0 bridgehead atoms. The van der Waals surface area contributed by atoms with Crippen LogP contribution in [0.3, 0.4) is 0 Å². The van der Waals surface area contributed by atoms with Crippen LogP contribution in [0.25, 0.3) is 0 Å². The molecule has 0 aromatic heterocycles.